The summed E-state index contributed by atoms with van der Waals surface area (Å²) in [6.07, 6.45) is 0.899. The van der Waals surface area contributed by atoms with E-state index in [0.717, 1.165) is 39.3 Å². The highest BCUT2D eigenvalue weighted by molar-refractivity contribution is 5.95. The zero-order valence-corrected chi connectivity index (χ0v) is 14.6. The van der Waals surface area contributed by atoms with Crippen molar-refractivity contribution in [2.45, 2.75) is 6.42 Å². The minimum absolute atomic E-state index is 0.156. The molecule has 0 radical (unpaired) electrons. The van der Waals surface area contributed by atoms with Gasteiger partial charge in [-0.2, -0.15) is 0 Å². The second-order valence-electron chi connectivity index (χ2n) is 5.48. The van der Waals surface area contributed by atoms with Crippen LogP contribution in [0, 0.1) is 0 Å². The fourth-order valence-electron chi connectivity index (χ4n) is 2.64. The van der Waals surface area contributed by atoms with Gasteiger partial charge in [0, 0.05) is 25.2 Å². The minimum atomic E-state index is -0.156. The first-order chi connectivity index (χ1) is 11.7. The van der Waals surface area contributed by atoms with Crippen LogP contribution < -0.4 is 19.5 Å². The van der Waals surface area contributed by atoms with E-state index in [1.807, 2.05) is 0 Å². The molecule has 0 saturated carbocycles. The maximum absolute atomic E-state index is 12.3. The Bertz CT molecular complexity index is 519. The van der Waals surface area contributed by atoms with Crippen LogP contribution in [0.5, 0.6) is 17.2 Å². The van der Waals surface area contributed by atoms with Crippen LogP contribution >= 0.6 is 0 Å². The maximum atomic E-state index is 12.3. The number of amides is 1. The van der Waals surface area contributed by atoms with E-state index in [1.54, 1.807) is 12.1 Å². The Balaban J connectivity index is 1.89. The van der Waals surface area contributed by atoms with E-state index in [9.17, 15) is 4.79 Å². The molecule has 0 unspecified atom stereocenters. The molecule has 0 aromatic heterocycles. The molecule has 134 valence electrons. The Kier molecular flexibility index (Phi) is 7.14. The summed E-state index contributed by atoms with van der Waals surface area (Å²) in [4.78, 5) is 14.7. The predicted molar refractivity (Wildman–Crippen MR) is 90.3 cm³/mol. The molecule has 1 aliphatic heterocycles. The number of hydrogen-bond donors (Lipinski definition) is 1. The van der Waals surface area contributed by atoms with Crippen molar-refractivity contribution in [1.29, 1.82) is 0 Å². The van der Waals surface area contributed by atoms with Crippen molar-refractivity contribution in [1.82, 2.24) is 10.2 Å². The first kappa shape index (κ1) is 18.4. The molecule has 0 atom stereocenters. The van der Waals surface area contributed by atoms with E-state index in [1.165, 1.54) is 21.3 Å². The number of nitrogens with zero attached hydrogens (tertiary/aromatic N) is 1. The van der Waals surface area contributed by atoms with E-state index in [-0.39, 0.29) is 5.91 Å². The van der Waals surface area contributed by atoms with Gasteiger partial charge < -0.3 is 24.3 Å². The average molecular weight is 338 g/mol. The number of morpholine rings is 1. The molecule has 1 N–H and O–H groups in total. The van der Waals surface area contributed by atoms with Crippen molar-refractivity contribution in [2.75, 3.05) is 60.7 Å². The molecule has 7 heteroatoms. The van der Waals surface area contributed by atoms with Gasteiger partial charge in [0.2, 0.25) is 5.75 Å². The van der Waals surface area contributed by atoms with Gasteiger partial charge in [-0.3, -0.25) is 9.69 Å². The van der Waals surface area contributed by atoms with Crippen LogP contribution in [0.3, 0.4) is 0 Å². The number of hydrogen-bond acceptors (Lipinski definition) is 6. The highest BCUT2D eigenvalue weighted by atomic mass is 16.5. The van der Waals surface area contributed by atoms with Gasteiger partial charge in [0.05, 0.1) is 34.5 Å². The normalized spacial score (nSPS) is 15.0. The molecule has 1 amide bonds. The van der Waals surface area contributed by atoms with Gasteiger partial charge in [0.25, 0.3) is 5.91 Å². The summed E-state index contributed by atoms with van der Waals surface area (Å²) in [6.45, 7) is 5.07. The number of nitrogens with one attached hydrogen (secondary N) is 1. The minimum Gasteiger partial charge on any atom is -0.493 e. The van der Waals surface area contributed by atoms with E-state index in [4.69, 9.17) is 18.9 Å². The van der Waals surface area contributed by atoms with Gasteiger partial charge in [-0.05, 0) is 25.1 Å². The largest absolute Gasteiger partial charge is 0.493 e. The third-order valence-corrected chi connectivity index (χ3v) is 3.97. The monoisotopic (exact) mass is 338 g/mol. The molecule has 0 aliphatic carbocycles. The standard InChI is InChI=1S/C17H26N2O5/c1-21-14-11-13(12-15(22-2)16(14)23-3)17(20)18-5-4-6-19-7-9-24-10-8-19/h11-12H,4-10H2,1-3H3,(H,18,20). The summed E-state index contributed by atoms with van der Waals surface area (Å²) >= 11 is 0. The van der Waals surface area contributed by atoms with E-state index in [2.05, 4.69) is 10.2 Å². The van der Waals surface area contributed by atoms with Gasteiger partial charge in [-0.1, -0.05) is 0 Å². The molecule has 1 aromatic carbocycles. The SMILES string of the molecule is COc1cc(C(=O)NCCCN2CCOCC2)cc(OC)c1OC. The van der Waals surface area contributed by atoms with Gasteiger partial charge in [-0.25, -0.2) is 0 Å². The summed E-state index contributed by atoms with van der Waals surface area (Å²) in [5.41, 5.74) is 0.482. The lowest BCUT2D eigenvalue weighted by Crippen LogP contribution is -2.38. The Labute approximate surface area is 142 Å². The van der Waals surface area contributed by atoms with Crippen molar-refractivity contribution in [3.05, 3.63) is 17.7 Å². The quantitative estimate of drug-likeness (QED) is 0.718. The summed E-state index contributed by atoms with van der Waals surface area (Å²) in [7, 11) is 4.59. The number of methoxy groups -OCH3 is 3. The summed E-state index contributed by atoms with van der Waals surface area (Å²) in [6, 6.07) is 3.30. The Morgan fingerprint density at radius 2 is 1.75 bits per heavy atom. The van der Waals surface area contributed by atoms with Crippen molar-refractivity contribution in [3.63, 3.8) is 0 Å². The lowest BCUT2D eigenvalue weighted by atomic mass is 10.1. The lowest BCUT2D eigenvalue weighted by molar-refractivity contribution is 0.0374. The van der Waals surface area contributed by atoms with Crippen molar-refractivity contribution < 1.29 is 23.7 Å². The second kappa shape index (κ2) is 9.34. The number of ether oxygens (including phenoxy) is 4. The first-order valence-electron chi connectivity index (χ1n) is 8.08. The molecular formula is C17H26N2O5. The second-order valence-corrected chi connectivity index (χ2v) is 5.48. The van der Waals surface area contributed by atoms with Crippen LogP contribution in [-0.4, -0.2) is 71.5 Å². The number of benzene rings is 1. The van der Waals surface area contributed by atoms with Crippen LogP contribution in [0.15, 0.2) is 12.1 Å². The highest BCUT2D eigenvalue weighted by Crippen LogP contribution is 2.38. The first-order valence-corrected chi connectivity index (χ1v) is 8.08. The van der Waals surface area contributed by atoms with E-state index in [0.29, 0.717) is 29.4 Å². The molecule has 1 saturated heterocycles. The zero-order valence-electron chi connectivity index (χ0n) is 14.6. The van der Waals surface area contributed by atoms with Crippen LogP contribution in [0.2, 0.25) is 0 Å². The van der Waals surface area contributed by atoms with E-state index >= 15 is 0 Å². The predicted octanol–water partition coefficient (Wildman–Crippen LogP) is 1.16. The molecule has 0 spiro atoms. The molecule has 1 heterocycles. The molecule has 2 rings (SSSR count). The smallest absolute Gasteiger partial charge is 0.251 e. The molecular weight excluding hydrogens is 312 g/mol. The molecule has 7 nitrogen and oxygen atoms in total. The third-order valence-electron chi connectivity index (χ3n) is 3.97. The van der Waals surface area contributed by atoms with Gasteiger partial charge >= 0.3 is 0 Å². The molecule has 1 aliphatic rings. The van der Waals surface area contributed by atoms with Gasteiger partial charge in [0.1, 0.15) is 0 Å². The van der Waals surface area contributed by atoms with Crippen LogP contribution in [0.25, 0.3) is 0 Å². The van der Waals surface area contributed by atoms with Crippen molar-refractivity contribution in [3.8, 4) is 17.2 Å². The van der Waals surface area contributed by atoms with Crippen molar-refractivity contribution in [2.24, 2.45) is 0 Å². The summed E-state index contributed by atoms with van der Waals surface area (Å²) in [5.74, 6) is 1.26. The lowest BCUT2D eigenvalue weighted by Gasteiger charge is -2.26. The average Bonchev–Trinajstić information content (AvgIpc) is 2.64. The number of carbonyl (C=O) groups is 1. The Morgan fingerprint density at radius 1 is 1.12 bits per heavy atom. The molecule has 24 heavy (non-hydrogen) atoms. The van der Waals surface area contributed by atoms with Crippen LogP contribution in [-0.2, 0) is 4.74 Å². The number of carbonyl (C=O) groups excluding carboxylic acids is 1. The maximum Gasteiger partial charge on any atom is 0.251 e. The van der Waals surface area contributed by atoms with Gasteiger partial charge in [0.15, 0.2) is 11.5 Å². The summed E-state index contributed by atoms with van der Waals surface area (Å²) in [5, 5.41) is 2.93. The topological polar surface area (TPSA) is 69.3 Å². The highest BCUT2D eigenvalue weighted by Gasteiger charge is 2.17. The fourth-order valence-corrected chi connectivity index (χ4v) is 2.64. The van der Waals surface area contributed by atoms with E-state index < -0.39 is 0 Å². The summed E-state index contributed by atoms with van der Waals surface area (Å²) < 4.78 is 21.1. The van der Waals surface area contributed by atoms with Crippen LogP contribution in [0.4, 0.5) is 0 Å². The van der Waals surface area contributed by atoms with Crippen molar-refractivity contribution >= 4 is 5.91 Å². The van der Waals surface area contributed by atoms with Crippen LogP contribution in [0.1, 0.15) is 16.8 Å². The number of rotatable bonds is 8. The van der Waals surface area contributed by atoms with Gasteiger partial charge in [-0.15, -0.1) is 0 Å². The fraction of sp³-hybridized carbons (Fsp3) is 0.588. The third kappa shape index (κ3) is 4.75. The molecule has 1 aromatic rings. The molecule has 0 bridgehead atoms. The Morgan fingerprint density at radius 3 is 2.29 bits per heavy atom. The molecule has 1 fully saturated rings. The Hall–Kier alpha value is -1.99. The zero-order chi connectivity index (χ0) is 17.4.